The predicted molar refractivity (Wildman–Crippen MR) is 109 cm³/mol. The Kier molecular flexibility index (Phi) is 4.86. The van der Waals surface area contributed by atoms with E-state index in [1.807, 2.05) is 0 Å². The molecule has 1 amide bonds. The number of hydrogen-bond acceptors (Lipinski definition) is 4. The number of carbonyl (C=O) groups excluding carboxylic acids is 1. The van der Waals surface area contributed by atoms with Crippen LogP contribution in [0, 0.1) is 0 Å². The summed E-state index contributed by atoms with van der Waals surface area (Å²) < 4.78 is 28.0. The van der Waals surface area contributed by atoms with E-state index in [1.54, 1.807) is 30.3 Å². The van der Waals surface area contributed by atoms with E-state index in [1.165, 1.54) is 16.4 Å². The summed E-state index contributed by atoms with van der Waals surface area (Å²) in [5.41, 5.74) is 1.35. The monoisotopic (exact) mass is 464 g/mol. The molecule has 1 saturated heterocycles. The van der Waals surface area contributed by atoms with Gasteiger partial charge >= 0.3 is 5.69 Å². The molecule has 1 unspecified atom stereocenters. The number of aromatic amines is 2. The lowest BCUT2D eigenvalue weighted by atomic mass is 10.2. The van der Waals surface area contributed by atoms with Crippen LogP contribution in [0.5, 0.6) is 0 Å². The van der Waals surface area contributed by atoms with E-state index in [-0.39, 0.29) is 10.6 Å². The summed E-state index contributed by atoms with van der Waals surface area (Å²) in [4.78, 5) is 29.6. The van der Waals surface area contributed by atoms with Gasteiger partial charge in [0.2, 0.25) is 15.9 Å². The number of rotatable bonds is 4. The van der Waals surface area contributed by atoms with E-state index < -0.39 is 22.0 Å². The molecule has 1 aliphatic heterocycles. The summed E-state index contributed by atoms with van der Waals surface area (Å²) in [7, 11) is -3.77. The zero-order valence-corrected chi connectivity index (χ0v) is 17.0. The van der Waals surface area contributed by atoms with Crippen molar-refractivity contribution in [3.05, 3.63) is 57.4 Å². The van der Waals surface area contributed by atoms with Crippen LogP contribution in [0.4, 0.5) is 5.69 Å². The first-order valence-corrected chi connectivity index (χ1v) is 10.9. The Morgan fingerprint density at radius 1 is 1.11 bits per heavy atom. The van der Waals surface area contributed by atoms with Gasteiger partial charge < -0.3 is 15.3 Å². The normalized spacial score (nSPS) is 17.8. The Hall–Kier alpha value is -2.43. The number of H-pyrrole nitrogens is 2. The van der Waals surface area contributed by atoms with Crippen LogP contribution in [-0.4, -0.2) is 41.2 Å². The summed E-state index contributed by atoms with van der Waals surface area (Å²) in [6.45, 7) is 0.292. The van der Waals surface area contributed by atoms with E-state index >= 15 is 0 Å². The third-order valence-electron chi connectivity index (χ3n) is 4.71. The van der Waals surface area contributed by atoms with Gasteiger partial charge in [-0.2, -0.15) is 4.31 Å². The summed E-state index contributed by atoms with van der Waals surface area (Å²) in [6, 6.07) is 10.5. The molecule has 28 heavy (non-hydrogen) atoms. The predicted octanol–water partition coefficient (Wildman–Crippen LogP) is 2.41. The molecule has 8 nitrogen and oxygen atoms in total. The maximum atomic E-state index is 13.0. The van der Waals surface area contributed by atoms with Gasteiger partial charge in [-0.1, -0.05) is 15.9 Å². The van der Waals surface area contributed by atoms with E-state index in [0.29, 0.717) is 36.1 Å². The summed E-state index contributed by atoms with van der Waals surface area (Å²) in [6.07, 6.45) is 1.06. The fourth-order valence-electron chi connectivity index (χ4n) is 3.37. The van der Waals surface area contributed by atoms with Gasteiger partial charge in [0.05, 0.1) is 15.9 Å². The summed E-state index contributed by atoms with van der Waals surface area (Å²) in [5.74, 6) is -0.393. The first kappa shape index (κ1) is 18.9. The van der Waals surface area contributed by atoms with Crippen LogP contribution in [0.2, 0.25) is 0 Å². The number of aromatic nitrogens is 2. The molecule has 2 heterocycles. The van der Waals surface area contributed by atoms with Gasteiger partial charge in [0.1, 0.15) is 6.04 Å². The Morgan fingerprint density at radius 3 is 2.57 bits per heavy atom. The minimum Gasteiger partial charge on any atom is -0.325 e. The van der Waals surface area contributed by atoms with Crippen LogP contribution < -0.4 is 11.0 Å². The van der Waals surface area contributed by atoms with Crippen LogP contribution in [-0.2, 0) is 14.8 Å². The van der Waals surface area contributed by atoms with Crippen molar-refractivity contribution in [3.8, 4) is 0 Å². The van der Waals surface area contributed by atoms with E-state index in [2.05, 4.69) is 31.2 Å². The van der Waals surface area contributed by atoms with Crippen molar-refractivity contribution in [2.75, 3.05) is 11.9 Å². The van der Waals surface area contributed by atoms with Crippen molar-refractivity contribution in [2.24, 2.45) is 0 Å². The summed E-state index contributed by atoms with van der Waals surface area (Å²) >= 11 is 3.29. The second kappa shape index (κ2) is 7.19. The van der Waals surface area contributed by atoms with Gasteiger partial charge in [-0.25, -0.2) is 13.2 Å². The highest BCUT2D eigenvalue weighted by atomic mass is 79.9. The number of amides is 1. The fraction of sp³-hybridized carbons (Fsp3) is 0.222. The van der Waals surface area contributed by atoms with Gasteiger partial charge in [0.25, 0.3) is 0 Å². The number of sulfonamides is 1. The molecular weight excluding hydrogens is 448 g/mol. The number of halogens is 1. The second-order valence-electron chi connectivity index (χ2n) is 6.56. The number of anilines is 1. The second-order valence-corrected chi connectivity index (χ2v) is 9.36. The Balaban J connectivity index is 1.57. The molecule has 3 N–H and O–H groups in total. The molecule has 4 rings (SSSR count). The minimum atomic E-state index is -3.77. The number of nitrogens with one attached hydrogen (secondary N) is 3. The van der Waals surface area contributed by atoms with Crippen molar-refractivity contribution in [1.29, 1.82) is 0 Å². The Morgan fingerprint density at radius 2 is 1.82 bits per heavy atom. The molecule has 1 fully saturated rings. The van der Waals surface area contributed by atoms with Crippen LogP contribution in [0.1, 0.15) is 12.8 Å². The standard InChI is InChI=1S/C18H17BrN4O4S/c19-11-3-6-13(7-4-11)28(26,27)23-9-1-2-16(23)17(24)20-12-5-8-14-15(10-12)22-18(25)21-14/h3-8,10,16H,1-2,9H2,(H,20,24)(H2,21,22,25). The molecule has 0 saturated carbocycles. The molecule has 1 aromatic heterocycles. The third-order valence-corrected chi connectivity index (χ3v) is 7.16. The Bertz CT molecular complexity index is 1200. The molecule has 0 aliphatic carbocycles. The lowest BCUT2D eigenvalue weighted by Gasteiger charge is -2.23. The smallest absolute Gasteiger partial charge is 0.323 e. The largest absolute Gasteiger partial charge is 0.325 e. The number of benzene rings is 2. The average molecular weight is 465 g/mol. The molecule has 0 bridgehead atoms. The van der Waals surface area contributed by atoms with E-state index in [4.69, 9.17) is 0 Å². The molecule has 10 heteroatoms. The van der Waals surface area contributed by atoms with E-state index in [9.17, 15) is 18.0 Å². The molecule has 0 spiro atoms. The van der Waals surface area contributed by atoms with Gasteiger partial charge in [0.15, 0.2) is 0 Å². The third kappa shape index (κ3) is 3.50. The lowest BCUT2D eigenvalue weighted by Crippen LogP contribution is -2.43. The fourth-order valence-corrected chi connectivity index (χ4v) is 5.29. The van der Waals surface area contributed by atoms with Crippen molar-refractivity contribution < 1.29 is 13.2 Å². The number of nitrogens with zero attached hydrogens (tertiary/aromatic N) is 1. The average Bonchev–Trinajstić information content (AvgIpc) is 3.28. The maximum Gasteiger partial charge on any atom is 0.323 e. The number of fused-ring (bicyclic) bond motifs is 1. The highest BCUT2D eigenvalue weighted by Gasteiger charge is 2.39. The highest BCUT2D eigenvalue weighted by Crippen LogP contribution is 2.28. The SMILES string of the molecule is O=C(Nc1ccc2[nH]c(=O)[nH]c2c1)C1CCCN1S(=O)(=O)c1ccc(Br)cc1. The molecule has 1 aliphatic rings. The number of carbonyl (C=O) groups is 1. The quantitative estimate of drug-likeness (QED) is 0.549. The zero-order valence-electron chi connectivity index (χ0n) is 14.6. The van der Waals surface area contributed by atoms with Crippen molar-refractivity contribution in [1.82, 2.24) is 14.3 Å². The van der Waals surface area contributed by atoms with Gasteiger partial charge in [-0.15, -0.1) is 0 Å². The minimum absolute atomic E-state index is 0.154. The Labute approximate surface area is 169 Å². The van der Waals surface area contributed by atoms with E-state index in [0.717, 1.165) is 4.47 Å². The lowest BCUT2D eigenvalue weighted by molar-refractivity contribution is -0.119. The number of imidazole rings is 1. The van der Waals surface area contributed by atoms with Crippen LogP contribution in [0.15, 0.2) is 56.6 Å². The number of hydrogen-bond donors (Lipinski definition) is 3. The van der Waals surface area contributed by atoms with Crippen molar-refractivity contribution in [3.63, 3.8) is 0 Å². The van der Waals surface area contributed by atoms with Crippen LogP contribution in [0.3, 0.4) is 0 Å². The maximum absolute atomic E-state index is 13.0. The molecule has 146 valence electrons. The molecule has 3 aromatic rings. The van der Waals surface area contributed by atoms with Gasteiger partial charge in [0, 0.05) is 16.7 Å². The molecule has 1 atom stereocenters. The zero-order chi connectivity index (χ0) is 19.9. The van der Waals surface area contributed by atoms with Crippen LogP contribution in [0.25, 0.3) is 11.0 Å². The van der Waals surface area contributed by atoms with Crippen molar-refractivity contribution in [2.45, 2.75) is 23.8 Å². The first-order valence-electron chi connectivity index (χ1n) is 8.65. The summed E-state index contributed by atoms with van der Waals surface area (Å²) in [5, 5.41) is 2.76. The topological polar surface area (TPSA) is 115 Å². The first-order chi connectivity index (χ1) is 13.3. The van der Waals surface area contributed by atoms with Crippen molar-refractivity contribution >= 4 is 48.6 Å². The molecule has 0 radical (unpaired) electrons. The molecular formula is C18H17BrN4O4S. The molecule has 2 aromatic carbocycles. The van der Waals surface area contributed by atoms with Gasteiger partial charge in [-0.05, 0) is 55.3 Å². The van der Waals surface area contributed by atoms with Gasteiger partial charge in [-0.3, -0.25) is 4.79 Å². The highest BCUT2D eigenvalue weighted by molar-refractivity contribution is 9.10. The van der Waals surface area contributed by atoms with Crippen LogP contribution >= 0.6 is 15.9 Å².